The average molecular weight is 197 g/mol. The van der Waals surface area contributed by atoms with Gasteiger partial charge in [-0.15, -0.1) is 0 Å². The maximum Gasteiger partial charge on any atom is 0.230 e. The van der Waals surface area contributed by atoms with Gasteiger partial charge < -0.3 is 4.74 Å². The first-order chi connectivity index (χ1) is 6.65. The zero-order valence-electron chi connectivity index (χ0n) is 8.29. The lowest BCUT2D eigenvalue weighted by Gasteiger charge is -2.13. The van der Waals surface area contributed by atoms with Gasteiger partial charge in [-0.3, -0.25) is 14.9 Å². The maximum absolute atomic E-state index is 11.3. The summed E-state index contributed by atoms with van der Waals surface area (Å²) in [6.45, 7) is 2.04. The van der Waals surface area contributed by atoms with E-state index in [1.54, 1.807) is 0 Å². The molecular formula is C10H15NO3. The number of hydrogen-bond acceptors (Lipinski definition) is 3. The highest BCUT2D eigenvalue weighted by molar-refractivity contribution is 6.03. The molecule has 0 aromatic rings. The normalized spacial score (nSPS) is 37.6. The molecule has 2 rings (SSSR count). The van der Waals surface area contributed by atoms with Crippen LogP contribution in [0.4, 0.5) is 0 Å². The Hall–Kier alpha value is -0.900. The molecule has 2 aliphatic heterocycles. The number of ether oxygens (including phenoxy) is 1. The second kappa shape index (κ2) is 3.69. The predicted molar refractivity (Wildman–Crippen MR) is 49.4 cm³/mol. The van der Waals surface area contributed by atoms with E-state index in [-0.39, 0.29) is 23.8 Å². The number of carbonyl (C=O) groups is 2. The summed E-state index contributed by atoms with van der Waals surface area (Å²) in [5, 5.41) is 2.32. The highest BCUT2D eigenvalue weighted by atomic mass is 16.5. The van der Waals surface area contributed by atoms with Crippen LogP contribution in [-0.2, 0) is 14.3 Å². The van der Waals surface area contributed by atoms with Gasteiger partial charge in [0.2, 0.25) is 11.8 Å². The Balaban J connectivity index is 1.86. The van der Waals surface area contributed by atoms with Crippen LogP contribution < -0.4 is 5.32 Å². The van der Waals surface area contributed by atoms with Gasteiger partial charge in [0.05, 0.1) is 12.2 Å². The van der Waals surface area contributed by atoms with Crippen molar-refractivity contribution < 1.29 is 14.3 Å². The summed E-state index contributed by atoms with van der Waals surface area (Å²) in [4.78, 5) is 22.2. The number of amides is 2. The molecule has 2 fully saturated rings. The van der Waals surface area contributed by atoms with Crippen LogP contribution in [0.1, 0.15) is 32.6 Å². The standard InChI is InChI=1S/C10H15NO3/c1-6-2-3-8(14-6)4-7-5-9(12)11-10(7)13/h6-8H,2-5H2,1H3,(H,11,12,13). The fourth-order valence-corrected chi connectivity index (χ4v) is 2.17. The molecule has 2 saturated heterocycles. The fraction of sp³-hybridized carbons (Fsp3) is 0.800. The van der Waals surface area contributed by atoms with Crippen LogP contribution in [-0.4, -0.2) is 24.0 Å². The molecule has 3 unspecified atom stereocenters. The van der Waals surface area contributed by atoms with Crippen molar-refractivity contribution in [2.75, 3.05) is 0 Å². The summed E-state index contributed by atoms with van der Waals surface area (Å²) in [5.41, 5.74) is 0. The van der Waals surface area contributed by atoms with Gasteiger partial charge >= 0.3 is 0 Å². The van der Waals surface area contributed by atoms with Gasteiger partial charge in [-0.2, -0.15) is 0 Å². The molecule has 3 atom stereocenters. The molecular weight excluding hydrogens is 182 g/mol. The Morgan fingerprint density at radius 1 is 1.43 bits per heavy atom. The van der Waals surface area contributed by atoms with Crippen molar-refractivity contribution in [1.29, 1.82) is 0 Å². The molecule has 0 aromatic carbocycles. The highest BCUT2D eigenvalue weighted by Gasteiger charge is 2.34. The fourth-order valence-electron chi connectivity index (χ4n) is 2.17. The smallest absolute Gasteiger partial charge is 0.230 e. The molecule has 14 heavy (non-hydrogen) atoms. The summed E-state index contributed by atoms with van der Waals surface area (Å²) in [5.74, 6) is -0.429. The molecule has 4 heteroatoms. The topological polar surface area (TPSA) is 55.4 Å². The van der Waals surface area contributed by atoms with E-state index in [9.17, 15) is 9.59 Å². The molecule has 0 radical (unpaired) electrons. The van der Waals surface area contributed by atoms with Gasteiger partial charge in [0.1, 0.15) is 0 Å². The zero-order valence-corrected chi connectivity index (χ0v) is 8.29. The van der Waals surface area contributed by atoms with Crippen molar-refractivity contribution in [3.8, 4) is 0 Å². The van der Waals surface area contributed by atoms with Crippen LogP contribution in [0.3, 0.4) is 0 Å². The number of hydrogen-bond donors (Lipinski definition) is 1. The minimum Gasteiger partial charge on any atom is -0.375 e. The molecule has 4 nitrogen and oxygen atoms in total. The molecule has 2 aliphatic rings. The summed E-state index contributed by atoms with van der Waals surface area (Å²) < 4.78 is 5.62. The molecule has 78 valence electrons. The minimum absolute atomic E-state index is 0.127. The molecule has 2 heterocycles. The second-order valence-corrected chi connectivity index (χ2v) is 4.20. The molecule has 0 aliphatic carbocycles. The van der Waals surface area contributed by atoms with Gasteiger partial charge in [0.25, 0.3) is 0 Å². The molecule has 0 spiro atoms. The Morgan fingerprint density at radius 2 is 2.21 bits per heavy atom. The second-order valence-electron chi connectivity index (χ2n) is 4.20. The van der Waals surface area contributed by atoms with E-state index in [4.69, 9.17) is 4.74 Å². The van der Waals surface area contributed by atoms with Crippen molar-refractivity contribution in [1.82, 2.24) is 5.32 Å². The van der Waals surface area contributed by atoms with E-state index < -0.39 is 0 Å². The molecule has 1 N–H and O–H groups in total. The Labute approximate surface area is 83.0 Å². The number of imide groups is 1. The summed E-state index contributed by atoms with van der Waals surface area (Å²) in [6, 6.07) is 0. The van der Waals surface area contributed by atoms with Crippen LogP contribution in [0.25, 0.3) is 0 Å². The van der Waals surface area contributed by atoms with E-state index in [0.717, 1.165) is 12.8 Å². The van der Waals surface area contributed by atoms with Gasteiger partial charge in [0, 0.05) is 12.3 Å². The Morgan fingerprint density at radius 3 is 2.71 bits per heavy atom. The number of rotatable bonds is 2. The Bertz CT molecular complexity index is 264. The highest BCUT2D eigenvalue weighted by Crippen LogP contribution is 2.27. The van der Waals surface area contributed by atoms with E-state index in [1.807, 2.05) is 6.92 Å². The monoisotopic (exact) mass is 197 g/mol. The van der Waals surface area contributed by atoms with E-state index in [0.29, 0.717) is 18.9 Å². The van der Waals surface area contributed by atoms with Gasteiger partial charge in [0.15, 0.2) is 0 Å². The number of carbonyl (C=O) groups excluding carboxylic acids is 2. The first kappa shape index (κ1) is 9.65. The van der Waals surface area contributed by atoms with Gasteiger partial charge in [-0.25, -0.2) is 0 Å². The molecule has 0 aromatic heterocycles. The lowest BCUT2D eigenvalue weighted by atomic mass is 9.98. The van der Waals surface area contributed by atoms with Crippen molar-refractivity contribution in [2.45, 2.75) is 44.8 Å². The van der Waals surface area contributed by atoms with Crippen LogP contribution in [0.2, 0.25) is 0 Å². The van der Waals surface area contributed by atoms with E-state index in [1.165, 1.54) is 0 Å². The largest absolute Gasteiger partial charge is 0.375 e. The van der Waals surface area contributed by atoms with Gasteiger partial charge in [-0.1, -0.05) is 0 Å². The first-order valence-corrected chi connectivity index (χ1v) is 5.14. The van der Waals surface area contributed by atoms with Crippen molar-refractivity contribution in [3.05, 3.63) is 0 Å². The minimum atomic E-state index is -0.155. The predicted octanol–water partition coefficient (Wildman–Crippen LogP) is 0.607. The van der Waals surface area contributed by atoms with E-state index >= 15 is 0 Å². The third kappa shape index (κ3) is 1.95. The zero-order chi connectivity index (χ0) is 10.1. The van der Waals surface area contributed by atoms with Crippen molar-refractivity contribution in [2.24, 2.45) is 5.92 Å². The van der Waals surface area contributed by atoms with Crippen molar-refractivity contribution in [3.63, 3.8) is 0 Å². The van der Waals surface area contributed by atoms with Crippen LogP contribution in [0.15, 0.2) is 0 Å². The quantitative estimate of drug-likeness (QED) is 0.660. The summed E-state index contributed by atoms with van der Waals surface area (Å²) in [6.07, 6.45) is 3.59. The lowest BCUT2D eigenvalue weighted by Crippen LogP contribution is -2.24. The van der Waals surface area contributed by atoms with Crippen LogP contribution in [0, 0.1) is 5.92 Å². The summed E-state index contributed by atoms with van der Waals surface area (Å²) >= 11 is 0. The van der Waals surface area contributed by atoms with Crippen molar-refractivity contribution >= 4 is 11.8 Å². The lowest BCUT2D eigenvalue weighted by molar-refractivity contribution is -0.126. The van der Waals surface area contributed by atoms with E-state index in [2.05, 4.69) is 5.32 Å². The first-order valence-electron chi connectivity index (χ1n) is 5.14. The Kier molecular flexibility index (Phi) is 2.54. The molecule has 0 saturated carbocycles. The third-order valence-corrected chi connectivity index (χ3v) is 2.93. The van der Waals surface area contributed by atoms with Crippen LogP contribution in [0.5, 0.6) is 0 Å². The third-order valence-electron chi connectivity index (χ3n) is 2.93. The number of nitrogens with one attached hydrogen (secondary N) is 1. The molecule has 2 amide bonds. The molecule has 0 bridgehead atoms. The van der Waals surface area contributed by atoms with Crippen LogP contribution >= 0.6 is 0 Å². The summed E-state index contributed by atoms with van der Waals surface area (Å²) in [7, 11) is 0. The average Bonchev–Trinajstić information content (AvgIpc) is 2.61. The maximum atomic E-state index is 11.3. The SMILES string of the molecule is CC1CCC(CC2CC(=O)NC2=O)O1. The van der Waals surface area contributed by atoms with Gasteiger partial charge in [-0.05, 0) is 26.2 Å².